The van der Waals surface area contributed by atoms with E-state index in [0.29, 0.717) is 30.4 Å². The first kappa shape index (κ1) is 28.9. The number of hydrogen-bond acceptors (Lipinski definition) is 11. The zero-order valence-corrected chi connectivity index (χ0v) is 23.0. The Balaban J connectivity index is 1.69. The second kappa shape index (κ2) is 13.8. The molecule has 11 nitrogen and oxygen atoms in total. The Morgan fingerprint density at radius 3 is 2.78 bits per heavy atom. The molecule has 0 spiro atoms. The Labute approximate surface area is 220 Å². The smallest absolute Gasteiger partial charge is 0.361 e. The average molecular weight is 579 g/mol. The third-order valence-electron chi connectivity index (χ3n) is 5.38. The van der Waals surface area contributed by atoms with Gasteiger partial charge in [-0.1, -0.05) is 11.8 Å². The molecule has 3 rings (SSSR count). The number of aromatic nitrogens is 1. The van der Waals surface area contributed by atoms with Gasteiger partial charge in [0.15, 0.2) is 6.54 Å². The van der Waals surface area contributed by atoms with Gasteiger partial charge < -0.3 is 27.2 Å². The van der Waals surface area contributed by atoms with Gasteiger partial charge in [-0.25, -0.2) is 22.0 Å². The number of rotatable bonds is 12. The van der Waals surface area contributed by atoms with Crippen LogP contribution in [-0.4, -0.2) is 90.9 Å². The normalized spacial score (nSPS) is 20.1. The summed E-state index contributed by atoms with van der Waals surface area (Å²) in [5.74, 6) is 1.38. The molecule has 1 atom stereocenters. The van der Waals surface area contributed by atoms with Crippen molar-refractivity contribution in [3.05, 3.63) is 44.6 Å². The SMILES string of the molecule is Cn1c(=C/C=C2/SCCN2CCCS(=O)(=O)[O-])c(=O)o/c1=C/C=C/C1=[N+](CCCOS(=O)[O-])CCS1. The van der Waals surface area contributed by atoms with Crippen LogP contribution in [0.1, 0.15) is 12.8 Å². The summed E-state index contributed by atoms with van der Waals surface area (Å²) in [7, 11) is -2.50. The fraction of sp³-hybridized carbons (Fsp3) is 0.524. The van der Waals surface area contributed by atoms with Gasteiger partial charge in [-0.2, -0.15) is 0 Å². The largest absolute Gasteiger partial charge is 0.750 e. The number of thioether (sulfide) groups is 2. The Morgan fingerprint density at radius 1 is 1.22 bits per heavy atom. The highest BCUT2D eigenvalue weighted by molar-refractivity contribution is 8.14. The highest BCUT2D eigenvalue weighted by Crippen LogP contribution is 2.27. The van der Waals surface area contributed by atoms with Crippen LogP contribution in [-0.2, 0) is 32.7 Å². The van der Waals surface area contributed by atoms with Crippen molar-refractivity contribution in [2.75, 3.05) is 50.0 Å². The molecule has 3 heterocycles. The van der Waals surface area contributed by atoms with Crippen LogP contribution in [0, 0.1) is 0 Å². The van der Waals surface area contributed by atoms with Crippen molar-refractivity contribution in [1.82, 2.24) is 9.47 Å². The van der Waals surface area contributed by atoms with E-state index < -0.39 is 32.9 Å². The summed E-state index contributed by atoms with van der Waals surface area (Å²) in [5.41, 5.74) is -0.0831. The first-order valence-electron chi connectivity index (χ1n) is 11.2. The molecule has 0 amide bonds. The summed E-state index contributed by atoms with van der Waals surface area (Å²) in [6.07, 6.45) is 9.78. The second-order valence-electron chi connectivity index (χ2n) is 7.87. The maximum absolute atomic E-state index is 12.4. The molecule has 2 aliphatic rings. The molecule has 1 fully saturated rings. The summed E-state index contributed by atoms with van der Waals surface area (Å²) in [6, 6.07) is 0. The lowest BCUT2D eigenvalue weighted by Gasteiger charge is -2.19. The van der Waals surface area contributed by atoms with E-state index in [1.165, 1.54) is 0 Å². The van der Waals surface area contributed by atoms with E-state index in [1.54, 1.807) is 47.3 Å². The van der Waals surface area contributed by atoms with Crippen LogP contribution >= 0.6 is 23.5 Å². The zero-order valence-electron chi connectivity index (χ0n) is 19.7. The predicted molar refractivity (Wildman–Crippen MR) is 140 cm³/mol. The van der Waals surface area contributed by atoms with Crippen LogP contribution in [0.2, 0.25) is 0 Å². The number of nitrogens with zero attached hydrogens (tertiary/aromatic N) is 3. The van der Waals surface area contributed by atoms with E-state index >= 15 is 0 Å². The molecule has 0 bridgehead atoms. The van der Waals surface area contributed by atoms with E-state index in [2.05, 4.69) is 8.76 Å². The Hall–Kier alpha value is -1.62. The molecular formula is C21H28N3O8S4-. The van der Waals surface area contributed by atoms with Crippen molar-refractivity contribution in [3.8, 4) is 0 Å². The van der Waals surface area contributed by atoms with Crippen LogP contribution in [0.15, 0.2) is 32.5 Å². The minimum atomic E-state index is -4.23. The van der Waals surface area contributed by atoms with Crippen LogP contribution in [0.3, 0.4) is 0 Å². The number of oxazole rings is 1. The standard InChI is InChI=1S/C21H29N3O8S4/c1-22-17(7-8-20-24(12-15-34-20)10-4-16-36(28,29)30)21(25)32-18(22)5-2-6-19-23(11-14-33-19)9-3-13-31-35(26)27/h2,5-8H,3-4,9-16H2,1H3,(H-,26,27,28,29,30)/p-1/b17-7?,20-8+. The fourth-order valence-electron chi connectivity index (χ4n) is 3.65. The topological polar surface area (TPSA) is 148 Å². The van der Waals surface area contributed by atoms with E-state index in [9.17, 15) is 26.5 Å². The minimum absolute atomic E-state index is 0.142. The fourth-order valence-corrected chi connectivity index (χ4v) is 6.50. The van der Waals surface area contributed by atoms with Crippen molar-refractivity contribution in [1.29, 1.82) is 0 Å². The summed E-state index contributed by atoms with van der Waals surface area (Å²) >= 11 is 0.803. The van der Waals surface area contributed by atoms with Gasteiger partial charge >= 0.3 is 5.63 Å². The second-order valence-corrected chi connectivity index (χ2v) is 12.3. The van der Waals surface area contributed by atoms with E-state index in [0.717, 1.165) is 34.7 Å². The number of hydrogen-bond donors (Lipinski definition) is 0. The molecule has 0 N–H and O–H groups in total. The molecule has 1 aromatic heterocycles. The highest BCUT2D eigenvalue weighted by Gasteiger charge is 2.20. The van der Waals surface area contributed by atoms with E-state index in [4.69, 9.17) is 4.42 Å². The molecule has 2 aliphatic heterocycles. The van der Waals surface area contributed by atoms with Gasteiger partial charge in [-0.15, -0.1) is 11.8 Å². The molecule has 36 heavy (non-hydrogen) atoms. The van der Waals surface area contributed by atoms with E-state index in [-0.39, 0.29) is 13.0 Å². The molecule has 15 heteroatoms. The average Bonchev–Trinajstić information content (AvgIpc) is 3.50. The van der Waals surface area contributed by atoms with Gasteiger partial charge in [0.1, 0.15) is 11.9 Å². The van der Waals surface area contributed by atoms with Gasteiger partial charge in [0.05, 0.1) is 38.9 Å². The maximum atomic E-state index is 12.4. The van der Waals surface area contributed by atoms with Crippen molar-refractivity contribution < 1.29 is 34.9 Å². The predicted octanol–water partition coefficient (Wildman–Crippen LogP) is -0.720. The highest BCUT2D eigenvalue weighted by atomic mass is 32.2. The quantitative estimate of drug-likeness (QED) is 0.134. The molecule has 1 aromatic rings. The molecular weight excluding hydrogens is 551 g/mol. The van der Waals surface area contributed by atoms with Crippen LogP contribution in [0.4, 0.5) is 0 Å². The van der Waals surface area contributed by atoms with Gasteiger partial charge in [0.2, 0.25) is 10.6 Å². The van der Waals surface area contributed by atoms with Gasteiger partial charge in [-0.3, -0.25) is 0 Å². The molecule has 0 aromatic carbocycles. The van der Waals surface area contributed by atoms with Gasteiger partial charge in [0.25, 0.3) is 0 Å². The van der Waals surface area contributed by atoms with Crippen molar-refractivity contribution in [2.24, 2.45) is 7.05 Å². The Morgan fingerprint density at radius 2 is 2.03 bits per heavy atom. The third-order valence-corrected chi connectivity index (χ3v) is 8.68. The number of allylic oxidation sites excluding steroid dienone is 2. The molecule has 1 unspecified atom stereocenters. The molecule has 1 saturated heterocycles. The summed E-state index contributed by atoms with van der Waals surface area (Å²) < 4.78 is 67.1. The van der Waals surface area contributed by atoms with Crippen molar-refractivity contribution >= 4 is 62.2 Å². The lowest BCUT2D eigenvalue weighted by Crippen LogP contribution is -2.29. The summed E-state index contributed by atoms with van der Waals surface area (Å²) in [4.78, 5) is 14.4. The lowest BCUT2D eigenvalue weighted by atomic mass is 10.4. The lowest BCUT2D eigenvalue weighted by molar-refractivity contribution is -0.517. The van der Waals surface area contributed by atoms with Crippen molar-refractivity contribution in [3.63, 3.8) is 0 Å². The first-order valence-corrected chi connectivity index (χ1v) is 15.7. The third kappa shape index (κ3) is 9.04. The monoisotopic (exact) mass is 578 g/mol. The van der Waals surface area contributed by atoms with Crippen LogP contribution in [0.5, 0.6) is 0 Å². The Kier molecular flexibility index (Phi) is 11.1. The molecule has 0 saturated carbocycles. The molecule has 0 radical (unpaired) electrons. The van der Waals surface area contributed by atoms with Crippen LogP contribution in [0.25, 0.3) is 12.2 Å². The van der Waals surface area contributed by atoms with Crippen molar-refractivity contribution in [2.45, 2.75) is 12.8 Å². The molecule has 200 valence electrons. The first-order chi connectivity index (χ1) is 17.1. The maximum Gasteiger partial charge on any atom is 0.361 e. The minimum Gasteiger partial charge on any atom is -0.750 e. The van der Waals surface area contributed by atoms with Crippen LogP contribution < -0.4 is 16.5 Å². The zero-order chi connectivity index (χ0) is 26.1. The molecule has 0 aliphatic carbocycles. The summed E-state index contributed by atoms with van der Waals surface area (Å²) in [5, 5.41) is 2.33. The van der Waals surface area contributed by atoms with Gasteiger partial charge in [0, 0.05) is 44.1 Å². The Bertz CT molecular complexity index is 1330. The van der Waals surface area contributed by atoms with Gasteiger partial charge in [-0.05, 0) is 30.7 Å². The van der Waals surface area contributed by atoms with E-state index in [1.807, 2.05) is 23.1 Å². The summed E-state index contributed by atoms with van der Waals surface area (Å²) in [6.45, 7) is 2.88.